The van der Waals surface area contributed by atoms with Crippen LogP contribution in [0.1, 0.15) is 28.2 Å². The van der Waals surface area contributed by atoms with Gasteiger partial charge in [-0.3, -0.25) is 4.79 Å². The Labute approximate surface area is 138 Å². The smallest absolute Gasteiger partial charge is 0.262 e. The maximum absolute atomic E-state index is 13.0. The van der Waals surface area contributed by atoms with E-state index < -0.39 is 0 Å². The topological polar surface area (TPSA) is 29.1 Å². The van der Waals surface area contributed by atoms with Gasteiger partial charge in [0, 0.05) is 5.56 Å². The molecule has 1 atom stereocenters. The van der Waals surface area contributed by atoms with E-state index in [0.29, 0.717) is 4.88 Å². The van der Waals surface area contributed by atoms with Crippen LogP contribution in [-0.4, -0.2) is 5.91 Å². The first-order chi connectivity index (χ1) is 11.1. The molecule has 0 radical (unpaired) electrons. The summed E-state index contributed by atoms with van der Waals surface area (Å²) in [6.45, 7) is 1.89. The number of hydrogen-bond donors (Lipinski definition) is 1. The van der Waals surface area contributed by atoms with Gasteiger partial charge in [-0.25, -0.2) is 4.39 Å². The first kappa shape index (κ1) is 15.4. The predicted molar refractivity (Wildman–Crippen MR) is 92.0 cm³/mol. The van der Waals surface area contributed by atoms with E-state index in [4.69, 9.17) is 0 Å². The summed E-state index contributed by atoms with van der Waals surface area (Å²) in [5.74, 6) is -0.396. The number of carbonyl (C=O) groups excluding carboxylic acids is 1. The third-order valence-corrected chi connectivity index (χ3v) is 4.59. The van der Waals surface area contributed by atoms with Gasteiger partial charge in [-0.2, -0.15) is 0 Å². The average molecular weight is 325 g/mol. The van der Waals surface area contributed by atoms with Gasteiger partial charge in [-0.05, 0) is 41.6 Å². The lowest BCUT2D eigenvalue weighted by atomic mass is 10.1. The largest absolute Gasteiger partial charge is 0.345 e. The molecule has 0 saturated heterocycles. The fourth-order valence-electron chi connectivity index (χ4n) is 2.43. The van der Waals surface area contributed by atoms with E-state index in [2.05, 4.69) is 5.32 Å². The van der Waals surface area contributed by atoms with Crippen molar-refractivity contribution in [1.29, 1.82) is 0 Å². The van der Waals surface area contributed by atoms with E-state index in [1.165, 1.54) is 23.5 Å². The number of benzene rings is 2. The van der Waals surface area contributed by atoms with Gasteiger partial charge in [0.25, 0.3) is 5.91 Å². The number of carbonyl (C=O) groups is 1. The van der Waals surface area contributed by atoms with Gasteiger partial charge in [-0.1, -0.05) is 42.5 Å². The van der Waals surface area contributed by atoms with Crippen molar-refractivity contribution in [3.63, 3.8) is 0 Å². The van der Waals surface area contributed by atoms with Crippen molar-refractivity contribution in [3.05, 3.63) is 82.3 Å². The molecule has 0 bridgehead atoms. The molecule has 4 heteroatoms. The van der Waals surface area contributed by atoms with Crippen LogP contribution in [0.4, 0.5) is 4.39 Å². The third-order valence-electron chi connectivity index (χ3n) is 3.67. The van der Waals surface area contributed by atoms with Crippen LogP contribution >= 0.6 is 11.3 Å². The van der Waals surface area contributed by atoms with Crippen LogP contribution in [0, 0.1) is 5.82 Å². The fourth-order valence-corrected chi connectivity index (χ4v) is 3.25. The Morgan fingerprint density at radius 1 is 1.04 bits per heavy atom. The quantitative estimate of drug-likeness (QED) is 0.715. The molecule has 3 rings (SSSR count). The van der Waals surface area contributed by atoms with Crippen molar-refractivity contribution in [3.8, 4) is 11.1 Å². The van der Waals surface area contributed by atoms with E-state index >= 15 is 0 Å². The van der Waals surface area contributed by atoms with E-state index in [1.54, 1.807) is 12.1 Å². The summed E-state index contributed by atoms with van der Waals surface area (Å²) in [6, 6.07) is 17.8. The van der Waals surface area contributed by atoms with Crippen molar-refractivity contribution in [2.75, 3.05) is 0 Å². The van der Waals surface area contributed by atoms with Crippen LogP contribution in [-0.2, 0) is 0 Å². The molecule has 116 valence electrons. The summed E-state index contributed by atoms with van der Waals surface area (Å²) >= 11 is 1.42. The summed E-state index contributed by atoms with van der Waals surface area (Å²) in [4.78, 5) is 13.3. The minimum atomic E-state index is -0.281. The highest BCUT2D eigenvalue weighted by molar-refractivity contribution is 7.12. The highest BCUT2D eigenvalue weighted by atomic mass is 32.1. The lowest BCUT2D eigenvalue weighted by Gasteiger charge is -2.14. The van der Waals surface area contributed by atoms with Crippen LogP contribution in [0.2, 0.25) is 0 Å². The van der Waals surface area contributed by atoms with Crippen molar-refractivity contribution in [2.24, 2.45) is 0 Å². The molecule has 0 spiro atoms. The standard InChI is InChI=1S/C19H16FNOS/c1-13(14-7-9-16(20)10-8-14)21-19(22)18-17(11-12-23-18)15-5-3-2-4-6-15/h2-13H,1H3,(H,21,22). The van der Waals surface area contributed by atoms with E-state index in [9.17, 15) is 9.18 Å². The molecule has 1 aromatic heterocycles. The minimum Gasteiger partial charge on any atom is -0.345 e. The molecular weight excluding hydrogens is 309 g/mol. The van der Waals surface area contributed by atoms with Gasteiger partial charge >= 0.3 is 0 Å². The Bertz CT molecular complexity index is 796. The fraction of sp³-hybridized carbons (Fsp3) is 0.105. The Morgan fingerprint density at radius 3 is 2.43 bits per heavy atom. The maximum Gasteiger partial charge on any atom is 0.262 e. The van der Waals surface area contributed by atoms with Crippen molar-refractivity contribution >= 4 is 17.2 Å². The van der Waals surface area contributed by atoms with Crippen molar-refractivity contribution < 1.29 is 9.18 Å². The summed E-state index contributed by atoms with van der Waals surface area (Å²) in [7, 11) is 0. The predicted octanol–water partition coefficient (Wildman–Crippen LogP) is 5.05. The van der Waals surface area contributed by atoms with Gasteiger partial charge in [-0.15, -0.1) is 11.3 Å². The Balaban J connectivity index is 1.79. The molecule has 0 aliphatic heterocycles. The first-order valence-corrected chi connectivity index (χ1v) is 8.22. The van der Waals surface area contributed by atoms with E-state index in [1.807, 2.05) is 48.7 Å². The van der Waals surface area contributed by atoms with Crippen LogP contribution in [0.25, 0.3) is 11.1 Å². The first-order valence-electron chi connectivity index (χ1n) is 7.34. The molecule has 0 fully saturated rings. The molecule has 3 aromatic rings. The number of hydrogen-bond acceptors (Lipinski definition) is 2. The monoisotopic (exact) mass is 325 g/mol. The summed E-state index contributed by atoms with van der Waals surface area (Å²) in [5.41, 5.74) is 2.82. The van der Waals surface area contributed by atoms with E-state index in [-0.39, 0.29) is 17.8 Å². The summed E-state index contributed by atoms with van der Waals surface area (Å²) < 4.78 is 13.0. The second-order valence-corrected chi connectivity index (χ2v) is 6.19. The summed E-state index contributed by atoms with van der Waals surface area (Å²) in [6.07, 6.45) is 0. The zero-order valence-corrected chi connectivity index (χ0v) is 13.4. The number of rotatable bonds is 4. The molecule has 0 aliphatic carbocycles. The lowest BCUT2D eigenvalue weighted by Crippen LogP contribution is -2.26. The minimum absolute atomic E-state index is 0.115. The van der Waals surface area contributed by atoms with E-state index in [0.717, 1.165) is 16.7 Å². The number of nitrogens with one attached hydrogen (secondary N) is 1. The van der Waals surface area contributed by atoms with Gasteiger partial charge < -0.3 is 5.32 Å². The average Bonchev–Trinajstić information content (AvgIpc) is 3.06. The van der Waals surface area contributed by atoms with Crippen LogP contribution in [0.15, 0.2) is 66.0 Å². The van der Waals surface area contributed by atoms with Gasteiger partial charge in [0.05, 0.1) is 10.9 Å². The molecule has 1 heterocycles. The van der Waals surface area contributed by atoms with Crippen LogP contribution < -0.4 is 5.32 Å². The number of thiophene rings is 1. The molecular formula is C19H16FNOS. The highest BCUT2D eigenvalue weighted by Gasteiger charge is 2.17. The molecule has 2 nitrogen and oxygen atoms in total. The lowest BCUT2D eigenvalue weighted by molar-refractivity contribution is 0.0944. The molecule has 2 aromatic carbocycles. The van der Waals surface area contributed by atoms with Gasteiger partial charge in [0.15, 0.2) is 0 Å². The Hall–Kier alpha value is -2.46. The zero-order chi connectivity index (χ0) is 16.2. The molecule has 1 N–H and O–H groups in total. The maximum atomic E-state index is 13.0. The van der Waals surface area contributed by atoms with Gasteiger partial charge in [0.2, 0.25) is 0 Å². The zero-order valence-electron chi connectivity index (χ0n) is 12.6. The van der Waals surface area contributed by atoms with Crippen molar-refractivity contribution in [1.82, 2.24) is 5.32 Å². The second-order valence-electron chi connectivity index (χ2n) is 5.28. The third kappa shape index (κ3) is 3.48. The molecule has 1 unspecified atom stereocenters. The molecule has 1 amide bonds. The molecule has 0 aliphatic rings. The SMILES string of the molecule is CC(NC(=O)c1sccc1-c1ccccc1)c1ccc(F)cc1. The molecule has 23 heavy (non-hydrogen) atoms. The second kappa shape index (κ2) is 6.75. The highest BCUT2D eigenvalue weighted by Crippen LogP contribution is 2.28. The summed E-state index contributed by atoms with van der Waals surface area (Å²) in [5, 5.41) is 4.89. The normalized spacial score (nSPS) is 11.9. The number of halogens is 1. The van der Waals surface area contributed by atoms with Crippen molar-refractivity contribution in [2.45, 2.75) is 13.0 Å². The Morgan fingerprint density at radius 2 is 1.74 bits per heavy atom. The Kier molecular flexibility index (Phi) is 4.53. The van der Waals surface area contributed by atoms with Crippen LogP contribution in [0.3, 0.4) is 0 Å². The van der Waals surface area contributed by atoms with Gasteiger partial charge in [0.1, 0.15) is 5.82 Å². The van der Waals surface area contributed by atoms with Crippen LogP contribution in [0.5, 0.6) is 0 Å². The number of amides is 1. The molecule has 0 saturated carbocycles.